The third-order valence-corrected chi connectivity index (χ3v) is 13.0. The lowest BCUT2D eigenvalue weighted by molar-refractivity contribution is 1.08. The number of hydrogen-bond acceptors (Lipinski definition) is 3. The summed E-state index contributed by atoms with van der Waals surface area (Å²) in [4.78, 5) is 11.0. The molecule has 0 fully saturated rings. The van der Waals surface area contributed by atoms with Gasteiger partial charge in [-0.2, -0.15) is 0 Å². The zero-order valence-corrected chi connectivity index (χ0v) is 31.3. The van der Waals surface area contributed by atoms with E-state index in [9.17, 15) is 0 Å². The van der Waals surface area contributed by atoms with Crippen molar-refractivity contribution in [2.75, 3.05) is 0 Å². The van der Waals surface area contributed by atoms with Crippen molar-refractivity contribution in [3.05, 3.63) is 182 Å². The Morgan fingerprint density at radius 3 is 1.91 bits per heavy atom. The molecule has 0 aliphatic rings. The van der Waals surface area contributed by atoms with Crippen molar-refractivity contribution in [3.63, 3.8) is 0 Å². The Morgan fingerprint density at radius 1 is 0.386 bits per heavy atom. The predicted molar refractivity (Wildman–Crippen MR) is 242 cm³/mol. The van der Waals surface area contributed by atoms with Gasteiger partial charge in [-0.25, -0.2) is 9.97 Å². The Hall–Kier alpha value is -7.34. The molecule has 264 valence electrons. The summed E-state index contributed by atoms with van der Waals surface area (Å²) >= 11 is 1.83. The van der Waals surface area contributed by atoms with E-state index >= 15 is 0 Å². The van der Waals surface area contributed by atoms with Gasteiger partial charge in [-0.1, -0.05) is 127 Å². The van der Waals surface area contributed by atoms with Crippen LogP contribution in [0.2, 0.25) is 0 Å². The molecule has 0 N–H and O–H groups in total. The molecule has 9 aromatic carbocycles. The number of fused-ring (bicyclic) bond motifs is 14. The summed E-state index contributed by atoms with van der Waals surface area (Å²) in [7, 11) is 0. The number of thiophene rings is 1. The van der Waals surface area contributed by atoms with E-state index in [1.54, 1.807) is 0 Å². The monoisotopic (exact) mass is 742 g/mol. The highest BCUT2D eigenvalue weighted by atomic mass is 32.1. The van der Waals surface area contributed by atoms with Crippen LogP contribution in [0.25, 0.3) is 119 Å². The minimum absolute atomic E-state index is 0.822. The highest BCUT2D eigenvalue weighted by Gasteiger charge is 2.24. The molecule has 57 heavy (non-hydrogen) atoms. The molecule has 0 atom stereocenters. The summed E-state index contributed by atoms with van der Waals surface area (Å²) in [6.07, 6.45) is 0. The number of benzene rings is 9. The maximum Gasteiger partial charge on any atom is 0.165 e. The van der Waals surface area contributed by atoms with Gasteiger partial charge in [-0.15, -0.1) is 11.3 Å². The second-order valence-electron chi connectivity index (χ2n) is 14.9. The van der Waals surface area contributed by atoms with Crippen LogP contribution >= 0.6 is 11.3 Å². The van der Waals surface area contributed by atoms with Crippen LogP contribution in [0.5, 0.6) is 0 Å². The molecule has 0 spiro atoms. The molecule has 0 aliphatic heterocycles. The van der Waals surface area contributed by atoms with Crippen LogP contribution in [0, 0.1) is 0 Å². The molecular weight excluding hydrogens is 713 g/mol. The lowest BCUT2D eigenvalue weighted by atomic mass is 10.0. The normalized spacial score (nSPS) is 12.2. The Bertz CT molecular complexity index is 3830. The topological polar surface area (TPSA) is 35.6 Å². The molecule has 4 nitrogen and oxygen atoms in total. The van der Waals surface area contributed by atoms with E-state index in [2.05, 4.69) is 185 Å². The third-order valence-electron chi connectivity index (χ3n) is 11.9. The van der Waals surface area contributed by atoms with Crippen LogP contribution in [-0.4, -0.2) is 19.1 Å². The van der Waals surface area contributed by atoms with Gasteiger partial charge in [-0.3, -0.25) is 4.57 Å². The van der Waals surface area contributed by atoms with E-state index in [0.29, 0.717) is 0 Å². The molecule has 13 rings (SSSR count). The van der Waals surface area contributed by atoms with Crippen molar-refractivity contribution >= 4 is 108 Å². The molecule has 0 bridgehead atoms. The summed E-state index contributed by atoms with van der Waals surface area (Å²) in [5.74, 6) is 0.822. The summed E-state index contributed by atoms with van der Waals surface area (Å²) in [6, 6.07) is 65.9. The second kappa shape index (κ2) is 11.6. The average molecular weight is 743 g/mol. The van der Waals surface area contributed by atoms with Crippen molar-refractivity contribution < 1.29 is 0 Å². The lowest BCUT2D eigenvalue weighted by Crippen LogP contribution is -2.04. The van der Waals surface area contributed by atoms with Gasteiger partial charge >= 0.3 is 0 Å². The molecule has 0 amide bonds. The van der Waals surface area contributed by atoms with Crippen molar-refractivity contribution in [1.82, 2.24) is 19.1 Å². The Kier molecular flexibility index (Phi) is 6.29. The van der Waals surface area contributed by atoms with E-state index < -0.39 is 0 Å². The van der Waals surface area contributed by atoms with Crippen LogP contribution in [-0.2, 0) is 0 Å². The molecule has 0 saturated heterocycles. The molecular formula is C52H30N4S. The maximum absolute atomic E-state index is 5.53. The van der Waals surface area contributed by atoms with Gasteiger partial charge in [0.1, 0.15) is 5.69 Å². The van der Waals surface area contributed by atoms with Gasteiger partial charge in [0.05, 0.1) is 33.1 Å². The van der Waals surface area contributed by atoms with Crippen molar-refractivity contribution in [1.29, 1.82) is 0 Å². The van der Waals surface area contributed by atoms with Crippen LogP contribution in [0.4, 0.5) is 0 Å². The second-order valence-corrected chi connectivity index (χ2v) is 16.0. The fraction of sp³-hybridized carbons (Fsp3) is 0. The van der Waals surface area contributed by atoms with Gasteiger partial charge in [0, 0.05) is 58.4 Å². The number of nitrogens with zero attached hydrogens (tertiary/aromatic N) is 4. The van der Waals surface area contributed by atoms with Gasteiger partial charge in [-0.05, 0) is 70.8 Å². The maximum atomic E-state index is 5.53. The summed E-state index contributed by atoms with van der Waals surface area (Å²) < 4.78 is 7.34. The first kappa shape index (κ1) is 30.9. The largest absolute Gasteiger partial charge is 0.309 e. The van der Waals surface area contributed by atoms with Crippen molar-refractivity contribution in [3.8, 4) is 22.8 Å². The average Bonchev–Trinajstić information content (AvgIpc) is 3.94. The van der Waals surface area contributed by atoms with E-state index in [4.69, 9.17) is 9.97 Å². The number of hydrogen-bond donors (Lipinski definition) is 0. The number of aromatic nitrogens is 4. The van der Waals surface area contributed by atoms with Crippen LogP contribution in [0.15, 0.2) is 182 Å². The predicted octanol–water partition coefficient (Wildman–Crippen LogP) is 14.2. The Morgan fingerprint density at radius 2 is 1.04 bits per heavy atom. The SMILES string of the molecule is c1ccc2c(c1)ccc1c2c2cc(-n3c4ccccc4c4ccc5ccccc5c43)ccc2n1-c1nc2ccccc2nc1-c1cccc2sc3ccccc3c12. The van der Waals surface area contributed by atoms with Crippen LogP contribution in [0.1, 0.15) is 0 Å². The minimum Gasteiger partial charge on any atom is -0.309 e. The molecule has 0 aliphatic carbocycles. The molecule has 0 radical (unpaired) electrons. The first-order valence-corrected chi connectivity index (χ1v) is 20.2. The first-order chi connectivity index (χ1) is 28.3. The van der Waals surface area contributed by atoms with Gasteiger partial charge in [0.2, 0.25) is 0 Å². The van der Waals surface area contributed by atoms with Gasteiger partial charge in [0.15, 0.2) is 5.82 Å². The fourth-order valence-electron chi connectivity index (χ4n) is 9.44. The van der Waals surface area contributed by atoms with E-state index in [0.717, 1.165) is 44.8 Å². The van der Waals surface area contributed by atoms with Crippen LogP contribution in [0.3, 0.4) is 0 Å². The highest BCUT2D eigenvalue weighted by molar-refractivity contribution is 7.25. The zero-order chi connectivity index (χ0) is 37.2. The van der Waals surface area contributed by atoms with E-state index in [1.165, 1.54) is 74.3 Å². The molecule has 5 heteroatoms. The van der Waals surface area contributed by atoms with E-state index in [-0.39, 0.29) is 0 Å². The highest BCUT2D eigenvalue weighted by Crippen LogP contribution is 2.45. The van der Waals surface area contributed by atoms with Crippen molar-refractivity contribution in [2.45, 2.75) is 0 Å². The molecule has 0 saturated carbocycles. The first-order valence-electron chi connectivity index (χ1n) is 19.3. The third kappa shape index (κ3) is 4.32. The van der Waals surface area contributed by atoms with Crippen molar-refractivity contribution in [2.24, 2.45) is 0 Å². The van der Waals surface area contributed by atoms with E-state index in [1.807, 2.05) is 17.4 Å². The summed E-state index contributed by atoms with van der Waals surface area (Å²) in [5.41, 5.74) is 9.41. The molecule has 13 aromatic rings. The lowest BCUT2D eigenvalue weighted by Gasteiger charge is -2.15. The smallest absolute Gasteiger partial charge is 0.165 e. The summed E-state index contributed by atoms with van der Waals surface area (Å²) in [5, 5.41) is 12.2. The van der Waals surface area contributed by atoms with Crippen LogP contribution < -0.4 is 0 Å². The van der Waals surface area contributed by atoms with Gasteiger partial charge < -0.3 is 4.57 Å². The Labute approximate surface area is 330 Å². The molecule has 4 heterocycles. The quantitative estimate of drug-likeness (QED) is 0.181. The number of rotatable bonds is 3. The zero-order valence-electron chi connectivity index (χ0n) is 30.5. The molecule has 0 unspecified atom stereocenters. The Balaban J connectivity index is 1.18. The standard InChI is InChI=1S/C52H30N4S/c1-3-14-34-31(12-1)25-28-45-48(34)40-30-33(55-43-21-9-5-16-36(43)37-27-24-32-13-2-4-15-35(32)51(37)55)26-29-44(40)56(45)52-50(53-41-19-7-8-20-42(41)54-52)39-18-11-23-47-49(39)38-17-6-10-22-46(38)57-47/h1-30H. The number of para-hydroxylation sites is 3. The fourth-order valence-corrected chi connectivity index (χ4v) is 10.6. The molecule has 4 aromatic heterocycles. The minimum atomic E-state index is 0.822. The van der Waals surface area contributed by atoms with Gasteiger partial charge in [0.25, 0.3) is 0 Å². The summed E-state index contributed by atoms with van der Waals surface area (Å²) in [6.45, 7) is 0.